The molecule has 0 amide bonds. The monoisotopic (exact) mass is 274 g/mol. The molecule has 0 atom stereocenters. The number of hydrogen-bond donors (Lipinski definition) is 1. The Balaban J connectivity index is 2.22. The topological polar surface area (TPSA) is 76.7 Å². The van der Waals surface area contributed by atoms with Crippen molar-refractivity contribution in [2.75, 3.05) is 6.61 Å². The molecule has 0 saturated heterocycles. The second kappa shape index (κ2) is 5.61. The molecule has 2 rings (SSSR count). The van der Waals surface area contributed by atoms with Gasteiger partial charge in [-0.05, 0) is 37.6 Å². The fourth-order valence-corrected chi connectivity index (χ4v) is 1.75. The number of carboxylic acids is 1. The van der Waals surface area contributed by atoms with Crippen molar-refractivity contribution in [1.82, 2.24) is 0 Å². The van der Waals surface area contributed by atoms with Crippen LogP contribution >= 0.6 is 0 Å². The molecule has 1 aromatic heterocycles. The smallest absolute Gasteiger partial charge is 0.336 e. The molecule has 20 heavy (non-hydrogen) atoms. The van der Waals surface area contributed by atoms with E-state index in [1.807, 2.05) is 6.92 Å². The van der Waals surface area contributed by atoms with Crippen LogP contribution in [0.15, 0.2) is 45.1 Å². The Labute approximate surface area is 115 Å². The van der Waals surface area contributed by atoms with E-state index in [1.165, 1.54) is 19.1 Å². The standard InChI is InChI=1S/C15H14O5/c1-9(15(17)18)5-6-19-11-3-4-12-10(2)7-14(16)20-13(12)8-11/h3-5,7-8H,6H2,1-2H3,(H,17,18). The third-order valence-electron chi connectivity index (χ3n) is 2.90. The second-order valence-corrected chi connectivity index (χ2v) is 4.41. The van der Waals surface area contributed by atoms with Crippen LogP contribution in [0.3, 0.4) is 0 Å². The summed E-state index contributed by atoms with van der Waals surface area (Å²) in [5.41, 5.74) is 1.10. The molecule has 1 heterocycles. The predicted molar refractivity (Wildman–Crippen MR) is 74.1 cm³/mol. The van der Waals surface area contributed by atoms with Gasteiger partial charge in [-0.25, -0.2) is 9.59 Å². The maximum Gasteiger partial charge on any atom is 0.336 e. The van der Waals surface area contributed by atoms with Gasteiger partial charge in [0.1, 0.15) is 17.9 Å². The average Bonchev–Trinajstić information content (AvgIpc) is 2.37. The zero-order valence-corrected chi connectivity index (χ0v) is 11.2. The molecular weight excluding hydrogens is 260 g/mol. The van der Waals surface area contributed by atoms with Crippen LogP contribution in [0.25, 0.3) is 11.0 Å². The van der Waals surface area contributed by atoms with E-state index in [-0.39, 0.29) is 12.2 Å². The van der Waals surface area contributed by atoms with Crippen LogP contribution in [-0.4, -0.2) is 17.7 Å². The summed E-state index contributed by atoms with van der Waals surface area (Å²) in [5.74, 6) is -0.463. The highest BCUT2D eigenvalue weighted by Crippen LogP contribution is 2.22. The molecule has 2 aromatic rings. The van der Waals surface area contributed by atoms with Crippen molar-refractivity contribution in [2.45, 2.75) is 13.8 Å². The van der Waals surface area contributed by atoms with Crippen molar-refractivity contribution in [3.8, 4) is 5.75 Å². The van der Waals surface area contributed by atoms with Gasteiger partial charge < -0.3 is 14.3 Å². The van der Waals surface area contributed by atoms with E-state index in [1.54, 1.807) is 18.2 Å². The molecule has 0 bridgehead atoms. The van der Waals surface area contributed by atoms with Crippen molar-refractivity contribution >= 4 is 16.9 Å². The third kappa shape index (κ3) is 3.06. The van der Waals surface area contributed by atoms with E-state index in [4.69, 9.17) is 14.3 Å². The fraction of sp³-hybridized carbons (Fsp3) is 0.200. The van der Waals surface area contributed by atoms with Crippen LogP contribution in [0.1, 0.15) is 12.5 Å². The largest absolute Gasteiger partial charge is 0.489 e. The van der Waals surface area contributed by atoms with Gasteiger partial charge in [-0.1, -0.05) is 0 Å². The summed E-state index contributed by atoms with van der Waals surface area (Å²) in [6, 6.07) is 6.60. The Morgan fingerprint density at radius 3 is 2.85 bits per heavy atom. The highest BCUT2D eigenvalue weighted by atomic mass is 16.5. The van der Waals surface area contributed by atoms with E-state index in [0.717, 1.165) is 10.9 Å². The van der Waals surface area contributed by atoms with Crippen molar-refractivity contribution in [1.29, 1.82) is 0 Å². The Morgan fingerprint density at radius 2 is 2.15 bits per heavy atom. The van der Waals surface area contributed by atoms with Gasteiger partial charge in [0.2, 0.25) is 0 Å². The predicted octanol–water partition coefficient (Wildman–Crippen LogP) is 2.51. The molecule has 0 aliphatic rings. The molecule has 1 N–H and O–H groups in total. The first-order valence-corrected chi connectivity index (χ1v) is 6.05. The Morgan fingerprint density at radius 1 is 1.40 bits per heavy atom. The highest BCUT2D eigenvalue weighted by molar-refractivity contribution is 5.85. The van der Waals surface area contributed by atoms with Crippen molar-refractivity contribution in [3.05, 3.63) is 51.9 Å². The van der Waals surface area contributed by atoms with Gasteiger partial charge in [0.25, 0.3) is 0 Å². The van der Waals surface area contributed by atoms with Gasteiger partial charge in [-0.2, -0.15) is 0 Å². The van der Waals surface area contributed by atoms with Crippen LogP contribution in [0.4, 0.5) is 0 Å². The lowest BCUT2D eigenvalue weighted by Crippen LogP contribution is -2.01. The number of aryl methyl sites for hydroxylation is 1. The van der Waals surface area contributed by atoms with Gasteiger partial charge in [0, 0.05) is 23.1 Å². The lowest BCUT2D eigenvalue weighted by atomic mass is 10.1. The van der Waals surface area contributed by atoms with E-state index in [9.17, 15) is 9.59 Å². The summed E-state index contributed by atoms with van der Waals surface area (Å²) in [4.78, 5) is 21.9. The first kappa shape index (κ1) is 13.9. The maximum atomic E-state index is 11.3. The molecule has 0 radical (unpaired) electrons. The quantitative estimate of drug-likeness (QED) is 0.684. The van der Waals surface area contributed by atoms with E-state index >= 15 is 0 Å². The Bertz CT molecular complexity index is 740. The van der Waals surface area contributed by atoms with E-state index in [2.05, 4.69) is 0 Å². The first-order chi connectivity index (χ1) is 9.47. The molecule has 0 aliphatic carbocycles. The van der Waals surface area contributed by atoms with Crippen molar-refractivity contribution in [2.24, 2.45) is 0 Å². The van der Waals surface area contributed by atoms with Crippen LogP contribution in [0.5, 0.6) is 5.75 Å². The summed E-state index contributed by atoms with van der Waals surface area (Å²) < 4.78 is 10.5. The molecule has 0 fully saturated rings. The average molecular weight is 274 g/mol. The molecule has 0 aliphatic heterocycles. The molecule has 0 unspecified atom stereocenters. The van der Waals surface area contributed by atoms with E-state index < -0.39 is 11.6 Å². The SMILES string of the molecule is CC(=CCOc1ccc2c(C)cc(=O)oc2c1)C(=O)O. The minimum Gasteiger partial charge on any atom is -0.489 e. The lowest BCUT2D eigenvalue weighted by molar-refractivity contribution is -0.132. The van der Waals surface area contributed by atoms with Gasteiger partial charge in [-0.15, -0.1) is 0 Å². The van der Waals surface area contributed by atoms with Gasteiger partial charge in [0.05, 0.1) is 0 Å². The van der Waals surface area contributed by atoms with Crippen LogP contribution in [-0.2, 0) is 4.79 Å². The Kier molecular flexibility index (Phi) is 3.89. The molecule has 104 valence electrons. The van der Waals surface area contributed by atoms with E-state index in [0.29, 0.717) is 11.3 Å². The molecule has 5 nitrogen and oxygen atoms in total. The summed E-state index contributed by atoms with van der Waals surface area (Å²) in [6.45, 7) is 3.47. The zero-order valence-electron chi connectivity index (χ0n) is 11.2. The molecule has 0 spiro atoms. The van der Waals surface area contributed by atoms with Crippen molar-refractivity contribution in [3.63, 3.8) is 0 Å². The minimum atomic E-state index is -0.978. The summed E-state index contributed by atoms with van der Waals surface area (Å²) in [5, 5.41) is 9.55. The summed E-state index contributed by atoms with van der Waals surface area (Å²) in [7, 11) is 0. The van der Waals surface area contributed by atoms with Crippen LogP contribution < -0.4 is 10.4 Å². The van der Waals surface area contributed by atoms with Gasteiger partial charge in [0.15, 0.2) is 0 Å². The van der Waals surface area contributed by atoms with Crippen LogP contribution in [0, 0.1) is 6.92 Å². The molecule has 0 saturated carbocycles. The zero-order chi connectivity index (χ0) is 14.7. The second-order valence-electron chi connectivity index (χ2n) is 4.41. The number of benzene rings is 1. The van der Waals surface area contributed by atoms with Gasteiger partial charge >= 0.3 is 11.6 Å². The number of carbonyl (C=O) groups is 1. The minimum absolute atomic E-state index is 0.139. The fourth-order valence-electron chi connectivity index (χ4n) is 1.75. The molecule has 1 aromatic carbocycles. The number of fused-ring (bicyclic) bond motifs is 1. The normalized spacial score (nSPS) is 11.6. The van der Waals surface area contributed by atoms with Crippen LogP contribution in [0.2, 0.25) is 0 Å². The van der Waals surface area contributed by atoms with Gasteiger partial charge in [-0.3, -0.25) is 0 Å². The summed E-state index contributed by atoms with van der Waals surface area (Å²) >= 11 is 0. The number of rotatable bonds is 4. The highest BCUT2D eigenvalue weighted by Gasteiger charge is 2.04. The number of aliphatic carboxylic acids is 1. The van der Waals surface area contributed by atoms with Crippen molar-refractivity contribution < 1.29 is 19.1 Å². The molecular formula is C15H14O5. The lowest BCUT2D eigenvalue weighted by Gasteiger charge is -2.05. The maximum absolute atomic E-state index is 11.3. The first-order valence-electron chi connectivity index (χ1n) is 6.05. The summed E-state index contributed by atoms with van der Waals surface area (Å²) in [6.07, 6.45) is 1.47. The number of hydrogen-bond acceptors (Lipinski definition) is 4. The third-order valence-corrected chi connectivity index (χ3v) is 2.90. The molecule has 5 heteroatoms. The Hall–Kier alpha value is -2.56. The number of carboxylic acid groups (broad SMARTS) is 1. The number of ether oxygens (including phenoxy) is 1.